The zero-order chi connectivity index (χ0) is 17.2. The zero-order valence-electron chi connectivity index (χ0n) is 13.1. The largest absolute Gasteiger partial charge is 0.470 e. The molecule has 3 rings (SSSR count). The van der Waals surface area contributed by atoms with Crippen molar-refractivity contribution >= 4 is 31.2 Å². The maximum absolute atomic E-state index is 11.3. The molecular formula is C14H19ClN3O5PS. The van der Waals surface area contributed by atoms with Crippen molar-refractivity contribution in [3.8, 4) is 0 Å². The molecule has 2 aromatic rings. The Hall–Kier alpha value is -0.900. The van der Waals surface area contributed by atoms with Crippen molar-refractivity contribution in [2.45, 2.75) is 23.4 Å². The summed E-state index contributed by atoms with van der Waals surface area (Å²) in [4.78, 5) is 25.5. The standard InChI is InChI=1S/C14H17ClN3O4PS.H2O/c15-12-2-1-10-9(11(12)8-24-14-17-5-6-18-14)3-4-16-7-13(10)22-23(19,20)21;/h1-2,5-6,13,16H,3-4,7-8H2,(H,17,18)(H2,19,20,21);1H2. The topological polar surface area (TPSA) is 139 Å². The van der Waals surface area contributed by atoms with Crippen LogP contribution in [0.15, 0.2) is 29.7 Å². The summed E-state index contributed by atoms with van der Waals surface area (Å²) in [5, 5.41) is 4.57. The lowest BCUT2D eigenvalue weighted by Gasteiger charge is -2.21. The van der Waals surface area contributed by atoms with Gasteiger partial charge in [-0.25, -0.2) is 9.55 Å². The van der Waals surface area contributed by atoms with E-state index in [0.29, 0.717) is 30.3 Å². The number of phosphoric ester groups is 1. The van der Waals surface area contributed by atoms with Gasteiger partial charge in [-0.05, 0) is 35.7 Å². The first-order chi connectivity index (χ1) is 11.4. The quantitative estimate of drug-likeness (QED) is 0.438. The summed E-state index contributed by atoms with van der Waals surface area (Å²) in [5.74, 6) is 0.609. The highest BCUT2D eigenvalue weighted by Crippen LogP contribution is 2.44. The summed E-state index contributed by atoms with van der Waals surface area (Å²) in [6.07, 6.45) is 3.44. The Morgan fingerprint density at radius 3 is 2.92 bits per heavy atom. The highest BCUT2D eigenvalue weighted by Gasteiger charge is 2.28. The number of halogens is 1. The van der Waals surface area contributed by atoms with Gasteiger partial charge in [0, 0.05) is 29.7 Å². The molecule has 0 saturated heterocycles. The van der Waals surface area contributed by atoms with E-state index < -0.39 is 13.9 Å². The van der Waals surface area contributed by atoms with E-state index in [1.165, 1.54) is 11.8 Å². The summed E-state index contributed by atoms with van der Waals surface area (Å²) < 4.78 is 16.2. The molecule has 1 atom stereocenters. The van der Waals surface area contributed by atoms with Crippen LogP contribution >= 0.6 is 31.2 Å². The van der Waals surface area contributed by atoms with E-state index in [4.69, 9.17) is 25.9 Å². The SMILES string of the molecule is O.O=P(O)(O)OC1CNCCc2c1ccc(Cl)c2CSc1ncc[nH]1. The van der Waals surface area contributed by atoms with Crippen LogP contribution in [0.25, 0.3) is 0 Å². The normalized spacial score (nSPS) is 17.5. The number of imidazole rings is 1. The average Bonchev–Trinajstić information content (AvgIpc) is 2.94. The van der Waals surface area contributed by atoms with Crippen molar-refractivity contribution in [3.05, 3.63) is 46.2 Å². The lowest BCUT2D eigenvalue weighted by atomic mass is 9.96. The van der Waals surface area contributed by atoms with E-state index in [0.717, 1.165) is 21.8 Å². The van der Waals surface area contributed by atoms with Crippen molar-refractivity contribution in [1.29, 1.82) is 0 Å². The molecule has 8 nitrogen and oxygen atoms in total. The number of nitrogens with one attached hydrogen (secondary N) is 2. The van der Waals surface area contributed by atoms with Crippen LogP contribution in [0.2, 0.25) is 5.02 Å². The zero-order valence-corrected chi connectivity index (χ0v) is 15.6. The molecule has 138 valence electrons. The molecule has 0 fully saturated rings. The third-order valence-corrected chi connectivity index (χ3v) is 5.54. The van der Waals surface area contributed by atoms with Crippen molar-refractivity contribution in [2.24, 2.45) is 0 Å². The molecule has 0 saturated carbocycles. The molecule has 1 aliphatic heterocycles. The number of H-pyrrole nitrogens is 1. The molecule has 0 aliphatic carbocycles. The van der Waals surface area contributed by atoms with Gasteiger partial charge in [-0.15, -0.1) is 0 Å². The predicted octanol–water partition coefficient (Wildman–Crippen LogP) is 1.83. The fourth-order valence-corrected chi connectivity index (χ4v) is 4.46. The fraction of sp³-hybridized carbons (Fsp3) is 0.357. The highest BCUT2D eigenvalue weighted by molar-refractivity contribution is 7.98. The van der Waals surface area contributed by atoms with E-state index in [-0.39, 0.29) is 5.48 Å². The van der Waals surface area contributed by atoms with Crippen molar-refractivity contribution in [2.75, 3.05) is 13.1 Å². The van der Waals surface area contributed by atoms with Gasteiger partial charge in [0.2, 0.25) is 0 Å². The number of hydrogen-bond donors (Lipinski definition) is 4. The van der Waals surface area contributed by atoms with Gasteiger partial charge in [-0.2, -0.15) is 0 Å². The van der Waals surface area contributed by atoms with Crippen LogP contribution in [-0.2, 0) is 21.3 Å². The van der Waals surface area contributed by atoms with Crippen LogP contribution in [0.1, 0.15) is 22.8 Å². The molecule has 1 aliphatic rings. The number of rotatable bonds is 5. The third-order valence-electron chi connectivity index (χ3n) is 3.73. The van der Waals surface area contributed by atoms with Crippen molar-refractivity contribution in [1.82, 2.24) is 15.3 Å². The summed E-state index contributed by atoms with van der Waals surface area (Å²) in [7, 11) is -4.58. The van der Waals surface area contributed by atoms with Crippen LogP contribution < -0.4 is 5.32 Å². The monoisotopic (exact) mass is 407 g/mol. The molecular weight excluding hydrogens is 389 g/mol. The van der Waals surface area contributed by atoms with Gasteiger partial charge < -0.3 is 25.6 Å². The molecule has 0 spiro atoms. The Balaban J connectivity index is 0.00000225. The smallest absolute Gasteiger partial charge is 0.412 e. The Kier molecular flexibility index (Phi) is 7.07. The molecule has 1 aromatic heterocycles. The number of hydrogen-bond acceptors (Lipinski definition) is 5. The first-order valence-corrected chi connectivity index (χ1v) is 10.2. The molecule has 25 heavy (non-hydrogen) atoms. The van der Waals surface area contributed by atoms with E-state index in [2.05, 4.69) is 15.3 Å². The van der Waals surface area contributed by atoms with Crippen molar-refractivity contribution < 1.29 is 24.4 Å². The number of aromatic nitrogens is 2. The van der Waals surface area contributed by atoms with Gasteiger partial charge in [-0.1, -0.05) is 29.4 Å². The van der Waals surface area contributed by atoms with E-state index in [1.54, 1.807) is 24.5 Å². The summed E-state index contributed by atoms with van der Waals surface area (Å²) in [5.41, 5.74) is 2.69. The number of thioether (sulfide) groups is 1. The first kappa shape index (κ1) is 20.4. The second kappa shape index (κ2) is 8.66. The van der Waals surface area contributed by atoms with Gasteiger partial charge in [0.05, 0.1) is 0 Å². The lowest BCUT2D eigenvalue weighted by molar-refractivity contribution is 0.134. The van der Waals surface area contributed by atoms with E-state index in [1.807, 2.05) is 0 Å². The first-order valence-electron chi connectivity index (χ1n) is 7.31. The molecule has 0 radical (unpaired) electrons. The van der Waals surface area contributed by atoms with Gasteiger partial charge in [0.25, 0.3) is 0 Å². The number of aromatic amines is 1. The highest BCUT2D eigenvalue weighted by atomic mass is 35.5. The van der Waals surface area contributed by atoms with Gasteiger partial charge in [-0.3, -0.25) is 4.52 Å². The maximum Gasteiger partial charge on any atom is 0.470 e. The van der Waals surface area contributed by atoms with Crippen LogP contribution in [0, 0.1) is 0 Å². The number of fused-ring (bicyclic) bond motifs is 1. The minimum absolute atomic E-state index is 0. The summed E-state index contributed by atoms with van der Waals surface area (Å²) in [6.45, 7) is 1.03. The molecule has 11 heteroatoms. The number of nitrogens with zero attached hydrogens (tertiary/aromatic N) is 1. The minimum atomic E-state index is -4.58. The van der Waals surface area contributed by atoms with E-state index >= 15 is 0 Å². The maximum atomic E-state index is 11.3. The Bertz CT molecular complexity index is 755. The van der Waals surface area contributed by atoms with Crippen LogP contribution in [0.5, 0.6) is 0 Å². The Labute approximate surface area is 153 Å². The average molecular weight is 408 g/mol. The molecule has 1 unspecified atom stereocenters. The molecule has 0 bridgehead atoms. The Morgan fingerprint density at radius 2 is 2.24 bits per heavy atom. The van der Waals surface area contributed by atoms with Gasteiger partial charge in [0.1, 0.15) is 6.10 Å². The molecule has 6 N–H and O–H groups in total. The Morgan fingerprint density at radius 1 is 1.44 bits per heavy atom. The van der Waals surface area contributed by atoms with Crippen LogP contribution in [-0.4, -0.2) is 38.3 Å². The second-order valence-electron chi connectivity index (χ2n) is 5.32. The second-order valence-corrected chi connectivity index (χ2v) is 7.88. The summed E-state index contributed by atoms with van der Waals surface area (Å²) in [6, 6.07) is 3.53. The number of phosphoric acid groups is 1. The minimum Gasteiger partial charge on any atom is -0.412 e. The van der Waals surface area contributed by atoms with Crippen molar-refractivity contribution in [3.63, 3.8) is 0 Å². The molecule has 2 heterocycles. The lowest BCUT2D eigenvalue weighted by Crippen LogP contribution is -2.21. The fourth-order valence-electron chi connectivity index (χ4n) is 2.72. The summed E-state index contributed by atoms with van der Waals surface area (Å²) >= 11 is 7.90. The van der Waals surface area contributed by atoms with Crippen LogP contribution in [0.4, 0.5) is 0 Å². The number of benzene rings is 1. The molecule has 1 aromatic carbocycles. The predicted molar refractivity (Wildman–Crippen MR) is 95.7 cm³/mol. The van der Waals surface area contributed by atoms with Gasteiger partial charge in [0.15, 0.2) is 5.16 Å². The van der Waals surface area contributed by atoms with Gasteiger partial charge >= 0.3 is 7.82 Å². The molecule has 0 amide bonds. The third kappa shape index (κ3) is 5.29. The van der Waals surface area contributed by atoms with Crippen LogP contribution in [0.3, 0.4) is 0 Å². The van der Waals surface area contributed by atoms with E-state index in [9.17, 15) is 4.57 Å².